The fourth-order valence-electron chi connectivity index (χ4n) is 2.18. The molecule has 0 bridgehead atoms. The number of nitrogens with zero attached hydrogens (tertiary/aromatic N) is 1. The molecule has 0 unspecified atom stereocenters. The molecule has 2 aliphatic rings. The number of hydrogen-bond donors (Lipinski definition) is 1. The minimum atomic E-state index is -0.487. The lowest BCUT2D eigenvalue weighted by Crippen LogP contribution is -2.52. The van der Waals surface area contributed by atoms with Gasteiger partial charge in [-0.1, -0.05) is 0 Å². The second kappa shape index (κ2) is 5.05. The predicted molar refractivity (Wildman–Crippen MR) is 66.3 cm³/mol. The third-order valence-corrected chi connectivity index (χ3v) is 3.19. The Morgan fingerprint density at radius 2 is 2.06 bits per heavy atom. The van der Waals surface area contributed by atoms with Gasteiger partial charge in [0.1, 0.15) is 5.60 Å². The Morgan fingerprint density at radius 3 is 2.56 bits per heavy atom. The summed E-state index contributed by atoms with van der Waals surface area (Å²) in [6, 6.07) is 0. The maximum atomic E-state index is 12.0. The molecule has 5 nitrogen and oxygen atoms in total. The molecule has 0 aromatic carbocycles. The molecule has 1 aliphatic carbocycles. The van der Waals surface area contributed by atoms with Gasteiger partial charge in [0.25, 0.3) is 0 Å². The van der Waals surface area contributed by atoms with E-state index in [1.165, 1.54) is 0 Å². The maximum absolute atomic E-state index is 12.0. The number of rotatable bonds is 2. The molecule has 0 aromatic rings. The van der Waals surface area contributed by atoms with Crippen LogP contribution in [0.15, 0.2) is 0 Å². The van der Waals surface area contributed by atoms with Crippen molar-refractivity contribution in [1.82, 2.24) is 4.90 Å². The summed E-state index contributed by atoms with van der Waals surface area (Å²) >= 11 is 0. The van der Waals surface area contributed by atoms with Gasteiger partial charge in [-0.3, -0.25) is 0 Å². The zero-order valence-electron chi connectivity index (χ0n) is 11.4. The Kier molecular flexibility index (Phi) is 3.82. The zero-order chi connectivity index (χ0) is 13.3. The van der Waals surface area contributed by atoms with Gasteiger partial charge in [-0.2, -0.15) is 0 Å². The quantitative estimate of drug-likeness (QED) is 0.812. The second-order valence-electron chi connectivity index (χ2n) is 6.20. The highest BCUT2D eigenvalue weighted by molar-refractivity contribution is 5.68. The SMILES string of the molecule is CC(C)(C)OC(=O)N1C[C@@H](CO)O[C@@H](C2CC2)C1. The molecule has 2 rings (SSSR count). The van der Waals surface area contributed by atoms with Crippen LogP contribution in [0.1, 0.15) is 33.6 Å². The van der Waals surface area contributed by atoms with Crippen LogP contribution in [0.5, 0.6) is 0 Å². The van der Waals surface area contributed by atoms with Crippen LogP contribution in [0.25, 0.3) is 0 Å². The van der Waals surface area contributed by atoms with Crippen LogP contribution in [0, 0.1) is 5.92 Å². The Hall–Kier alpha value is -0.810. The Balaban J connectivity index is 1.95. The van der Waals surface area contributed by atoms with Crippen LogP contribution >= 0.6 is 0 Å². The first-order valence-electron chi connectivity index (χ1n) is 6.63. The molecule has 104 valence electrons. The minimum Gasteiger partial charge on any atom is -0.444 e. The summed E-state index contributed by atoms with van der Waals surface area (Å²) in [6.45, 7) is 6.50. The monoisotopic (exact) mass is 257 g/mol. The molecule has 1 saturated carbocycles. The second-order valence-corrected chi connectivity index (χ2v) is 6.20. The van der Waals surface area contributed by atoms with Crippen LogP contribution in [-0.2, 0) is 9.47 Å². The lowest BCUT2D eigenvalue weighted by atomic mass is 10.1. The molecular weight excluding hydrogens is 234 g/mol. The summed E-state index contributed by atoms with van der Waals surface area (Å²) < 4.78 is 11.1. The van der Waals surface area contributed by atoms with Gasteiger partial charge in [0, 0.05) is 0 Å². The van der Waals surface area contributed by atoms with E-state index in [2.05, 4.69) is 0 Å². The number of aliphatic hydroxyl groups excluding tert-OH is 1. The van der Waals surface area contributed by atoms with Gasteiger partial charge in [0.05, 0.1) is 31.9 Å². The molecule has 0 spiro atoms. The van der Waals surface area contributed by atoms with E-state index >= 15 is 0 Å². The highest BCUT2D eigenvalue weighted by atomic mass is 16.6. The number of carbonyl (C=O) groups excluding carboxylic acids is 1. The van der Waals surface area contributed by atoms with Gasteiger partial charge >= 0.3 is 6.09 Å². The number of morpholine rings is 1. The average molecular weight is 257 g/mol. The molecule has 2 atom stereocenters. The molecule has 1 saturated heterocycles. The van der Waals surface area contributed by atoms with Crippen molar-refractivity contribution in [2.75, 3.05) is 19.7 Å². The van der Waals surface area contributed by atoms with Crippen LogP contribution in [-0.4, -0.2) is 53.6 Å². The van der Waals surface area contributed by atoms with Gasteiger partial charge < -0.3 is 19.5 Å². The van der Waals surface area contributed by atoms with Crippen LogP contribution in [0.2, 0.25) is 0 Å². The lowest BCUT2D eigenvalue weighted by Gasteiger charge is -2.38. The van der Waals surface area contributed by atoms with Gasteiger partial charge in [-0.15, -0.1) is 0 Å². The molecule has 1 heterocycles. The zero-order valence-corrected chi connectivity index (χ0v) is 11.4. The topological polar surface area (TPSA) is 59.0 Å². The summed E-state index contributed by atoms with van der Waals surface area (Å²) in [5, 5.41) is 9.24. The summed E-state index contributed by atoms with van der Waals surface area (Å²) in [7, 11) is 0. The summed E-state index contributed by atoms with van der Waals surface area (Å²) in [6.07, 6.45) is 1.78. The Morgan fingerprint density at radius 1 is 1.39 bits per heavy atom. The molecule has 1 amide bonds. The van der Waals surface area contributed by atoms with Crippen molar-refractivity contribution in [3.05, 3.63) is 0 Å². The van der Waals surface area contributed by atoms with Crippen LogP contribution in [0.3, 0.4) is 0 Å². The van der Waals surface area contributed by atoms with Crippen molar-refractivity contribution in [3.63, 3.8) is 0 Å². The lowest BCUT2D eigenvalue weighted by molar-refractivity contribution is -0.109. The van der Waals surface area contributed by atoms with Crippen molar-refractivity contribution in [1.29, 1.82) is 0 Å². The van der Waals surface area contributed by atoms with Crippen molar-refractivity contribution in [3.8, 4) is 0 Å². The fraction of sp³-hybridized carbons (Fsp3) is 0.923. The van der Waals surface area contributed by atoms with E-state index in [4.69, 9.17) is 9.47 Å². The third kappa shape index (κ3) is 3.59. The van der Waals surface area contributed by atoms with Gasteiger partial charge in [-0.05, 0) is 39.5 Å². The van der Waals surface area contributed by atoms with Crippen molar-refractivity contribution in [2.24, 2.45) is 5.92 Å². The maximum Gasteiger partial charge on any atom is 0.410 e. The van der Waals surface area contributed by atoms with E-state index in [-0.39, 0.29) is 24.9 Å². The largest absolute Gasteiger partial charge is 0.444 e. The predicted octanol–water partition coefficient (Wildman–Crippen LogP) is 1.39. The standard InChI is InChI=1S/C13H23NO4/c1-13(2,3)18-12(16)14-6-10(8-15)17-11(7-14)9-4-5-9/h9-11,15H,4-8H2,1-3H3/t10-,11+/m0/s1. The first-order valence-corrected chi connectivity index (χ1v) is 6.63. The molecule has 5 heteroatoms. The molecule has 1 aliphatic heterocycles. The molecule has 18 heavy (non-hydrogen) atoms. The van der Waals surface area contributed by atoms with E-state index in [1.54, 1.807) is 4.90 Å². The van der Waals surface area contributed by atoms with E-state index in [0.717, 1.165) is 12.8 Å². The van der Waals surface area contributed by atoms with Crippen molar-refractivity contribution < 1.29 is 19.4 Å². The molecule has 0 aromatic heterocycles. The highest BCUT2D eigenvalue weighted by Gasteiger charge is 2.40. The van der Waals surface area contributed by atoms with Crippen molar-refractivity contribution in [2.45, 2.75) is 51.4 Å². The van der Waals surface area contributed by atoms with E-state index < -0.39 is 5.60 Å². The fourth-order valence-corrected chi connectivity index (χ4v) is 2.18. The number of carbonyl (C=O) groups is 1. The van der Waals surface area contributed by atoms with Crippen LogP contribution in [0.4, 0.5) is 4.79 Å². The van der Waals surface area contributed by atoms with Gasteiger partial charge in [0.15, 0.2) is 0 Å². The molecular formula is C13H23NO4. The molecule has 2 fully saturated rings. The van der Waals surface area contributed by atoms with Crippen molar-refractivity contribution >= 4 is 6.09 Å². The Labute approximate surface area is 108 Å². The summed E-state index contributed by atoms with van der Waals surface area (Å²) in [4.78, 5) is 13.7. The van der Waals surface area contributed by atoms with Gasteiger partial charge in [-0.25, -0.2) is 4.79 Å². The normalized spacial score (nSPS) is 29.2. The number of hydrogen-bond acceptors (Lipinski definition) is 4. The van der Waals surface area contributed by atoms with E-state index in [1.807, 2.05) is 20.8 Å². The van der Waals surface area contributed by atoms with E-state index in [0.29, 0.717) is 19.0 Å². The van der Waals surface area contributed by atoms with Gasteiger partial charge in [0.2, 0.25) is 0 Å². The van der Waals surface area contributed by atoms with Crippen LogP contribution < -0.4 is 0 Å². The average Bonchev–Trinajstić information content (AvgIpc) is 3.09. The third-order valence-electron chi connectivity index (χ3n) is 3.19. The van der Waals surface area contributed by atoms with E-state index in [9.17, 15) is 9.90 Å². The summed E-state index contributed by atoms with van der Waals surface area (Å²) in [5.41, 5.74) is -0.487. The highest BCUT2D eigenvalue weighted by Crippen LogP contribution is 2.36. The number of ether oxygens (including phenoxy) is 2. The first-order chi connectivity index (χ1) is 8.39. The minimum absolute atomic E-state index is 0.0531. The first kappa shape index (κ1) is 13.6. The number of aliphatic hydroxyl groups is 1. The summed E-state index contributed by atoms with van der Waals surface area (Å²) in [5.74, 6) is 0.546. The Bertz CT molecular complexity index is 309. The number of amides is 1. The molecule has 1 N–H and O–H groups in total. The smallest absolute Gasteiger partial charge is 0.410 e. The molecule has 0 radical (unpaired) electrons.